The summed E-state index contributed by atoms with van der Waals surface area (Å²) in [6.45, 7) is 1.11. The van der Waals surface area contributed by atoms with E-state index in [1.165, 1.54) is 0 Å². The maximum Gasteiger partial charge on any atom is 0.251 e. The zero-order valence-corrected chi connectivity index (χ0v) is 19.1. The Labute approximate surface area is 197 Å². The molecule has 4 rings (SSSR count). The lowest BCUT2D eigenvalue weighted by Gasteiger charge is -2.19. The number of carbonyl (C=O) groups is 2. The minimum Gasteiger partial charge on any atom is -0.352 e. The Kier molecular flexibility index (Phi) is 7.05. The van der Waals surface area contributed by atoms with E-state index in [0.717, 1.165) is 22.4 Å². The highest BCUT2D eigenvalue weighted by Gasteiger charge is 2.17. The first kappa shape index (κ1) is 22.6. The summed E-state index contributed by atoms with van der Waals surface area (Å²) < 4.78 is 1.94. The van der Waals surface area contributed by atoms with Gasteiger partial charge in [0, 0.05) is 37.1 Å². The number of likely N-dealkylation sites (N-methyl/N-ethyl adjacent to an activating group) is 1. The van der Waals surface area contributed by atoms with Crippen molar-refractivity contribution in [1.29, 1.82) is 0 Å². The van der Waals surface area contributed by atoms with Crippen molar-refractivity contribution in [1.82, 2.24) is 19.8 Å². The third-order valence-corrected chi connectivity index (χ3v) is 5.67. The number of amides is 2. The standard InChI is InChI=1S/C26H25ClN4O2/c1-30(17-19-8-3-2-4-9-19)25(32)18-31-23-13-6-5-12-22(23)29-24(31)14-15-28-26(33)20-10-7-11-21(27)16-20/h2-13,16H,14-15,17-18H2,1H3,(H,28,33). The summed E-state index contributed by atoms with van der Waals surface area (Å²) in [7, 11) is 1.80. The fraction of sp³-hybridized carbons (Fsp3) is 0.192. The molecule has 0 fully saturated rings. The molecule has 0 bridgehead atoms. The van der Waals surface area contributed by atoms with Gasteiger partial charge in [-0.05, 0) is 35.9 Å². The van der Waals surface area contributed by atoms with Gasteiger partial charge in [0.05, 0.1) is 11.0 Å². The molecule has 33 heavy (non-hydrogen) atoms. The molecule has 0 saturated carbocycles. The van der Waals surface area contributed by atoms with Crippen LogP contribution in [0, 0.1) is 0 Å². The topological polar surface area (TPSA) is 67.2 Å². The van der Waals surface area contributed by atoms with Crippen LogP contribution >= 0.6 is 11.6 Å². The second-order valence-electron chi connectivity index (χ2n) is 7.85. The van der Waals surface area contributed by atoms with Crippen LogP contribution in [0.25, 0.3) is 11.0 Å². The van der Waals surface area contributed by atoms with E-state index < -0.39 is 0 Å². The fourth-order valence-electron chi connectivity index (χ4n) is 3.71. The van der Waals surface area contributed by atoms with E-state index in [-0.39, 0.29) is 18.4 Å². The van der Waals surface area contributed by atoms with Crippen LogP contribution in [0.3, 0.4) is 0 Å². The highest BCUT2D eigenvalue weighted by atomic mass is 35.5. The predicted octanol–water partition coefficient (Wildman–Crippen LogP) is 4.32. The summed E-state index contributed by atoms with van der Waals surface area (Å²) in [5.74, 6) is 0.550. The van der Waals surface area contributed by atoms with Crippen LogP contribution in [-0.2, 0) is 24.3 Å². The molecule has 0 spiro atoms. The SMILES string of the molecule is CN(Cc1ccccc1)C(=O)Cn1c(CCNC(=O)c2cccc(Cl)c2)nc2ccccc21. The van der Waals surface area contributed by atoms with Crippen molar-refractivity contribution in [2.45, 2.75) is 19.5 Å². The molecule has 1 N–H and O–H groups in total. The number of halogens is 1. The van der Waals surface area contributed by atoms with Crippen molar-refractivity contribution in [2.75, 3.05) is 13.6 Å². The lowest BCUT2D eigenvalue weighted by molar-refractivity contribution is -0.131. The van der Waals surface area contributed by atoms with Gasteiger partial charge in [-0.3, -0.25) is 9.59 Å². The van der Waals surface area contributed by atoms with E-state index in [4.69, 9.17) is 16.6 Å². The number of carbonyl (C=O) groups excluding carboxylic acids is 2. The van der Waals surface area contributed by atoms with Crippen LogP contribution in [0.4, 0.5) is 0 Å². The Balaban J connectivity index is 1.46. The van der Waals surface area contributed by atoms with E-state index in [2.05, 4.69) is 5.32 Å². The molecule has 168 valence electrons. The van der Waals surface area contributed by atoms with Crippen LogP contribution < -0.4 is 5.32 Å². The number of imidazole rings is 1. The summed E-state index contributed by atoms with van der Waals surface area (Å²) in [5.41, 5.74) is 3.31. The maximum atomic E-state index is 13.0. The molecule has 7 heteroatoms. The number of para-hydroxylation sites is 2. The number of rotatable bonds is 8. The Morgan fingerprint density at radius 2 is 1.76 bits per heavy atom. The molecule has 0 saturated heterocycles. The van der Waals surface area contributed by atoms with Crippen LogP contribution in [0.1, 0.15) is 21.7 Å². The molecule has 0 radical (unpaired) electrons. The van der Waals surface area contributed by atoms with Crippen molar-refractivity contribution in [3.63, 3.8) is 0 Å². The lowest BCUT2D eigenvalue weighted by atomic mass is 10.2. The van der Waals surface area contributed by atoms with Crippen LogP contribution in [0.5, 0.6) is 0 Å². The first-order valence-corrected chi connectivity index (χ1v) is 11.1. The quantitative estimate of drug-likeness (QED) is 0.426. The lowest BCUT2D eigenvalue weighted by Crippen LogP contribution is -2.31. The average Bonchev–Trinajstić information content (AvgIpc) is 3.16. The van der Waals surface area contributed by atoms with Gasteiger partial charge in [0.15, 0.2) is 0 Å². The van der Waals surface area contributed by atoms with Gasteiger partial charge >= 0.3 is 0 Å². The number of benzene rings is 3. The van der Waals surface area contributed by atoms with E-state index >= 15 is 0 Å². The van der Waals surface area contributed by atoms with Gasteiger partial charge < -0.3 is 14.8 Å². The van der Waals surface area contributed by atoms with E-state index in [9.17, 15) is 9.59 Å². The third-order valence-electron chi connectivity index (χ3n) is 5.44. The molecule has 4 aromatic rings. The van der Waals surface area contributed by atoms with Crippen molar-refractivity contribution in [3.8, 4) is 0 Å². The molecular formula is C26H25ClN4O2. The summed E-state index contributed by atoms with van der Waals surface area (Å²) in [4.78, 5) is 31.9. The maximum absolute atomic E-state index is 13.0. The first-order chi connectivity index (χ1) is 16.0. The van der Waals surface area contributed by atoms with Gasteiger partial charge in [-0.1, -0.05) is 60.1 Å². The Morgan fingerprint density at radius 1 is 1.00 bits per heavy atom. The Bertz CT molecular complexity index is 1270. The number of hydrogen-bond acceptors (Lipinski definition) is 3. The number of nitrogens with one attached hydrogen (secondary N) is 1. The van der Waals surface area contributed by atoms with E-state index in [1.54, 1.807) is 36.2 Å². The number of nitrogens with zero attached hydrogens (tertiary/aromatic N) is 3. The third kappa shape index (κ3) is 5.59. The molecule has 0 aliphatic carbocycles. The van der Waals surface area contributed by atoms with Gasteiger partial charge in [-0.25, -0.2) is 4.98 Å². The molecule has 6 nitrogen and oxygen atoms in total. The molecular weight excluding hydrogens is 436 g/mol. The first-order valence-electron chi connectivity index (χ1n) is 10.8. The van der Waals surface area contributed by atoms with Crippen LogP contribution in [-0.4, -0.2) is 39.9 Å². The van der Waals surface area contributed by atoms with Crippen LogP contribution in [0.2, 0.25) is 5.02 Å². The van der Waals surface area contributed by atoms with E-state index in [1.807, 2.05) is 59.2 Å². The Morgan fingerprint density at radius 3 is 2.55 bits per heavy atom. The molecule has 2 amide bonds. The van der Waals surface area contributed by atoms with Gasteiger partial charge in [-0.15, -0.1) is 0 Å². The van der Waals surface area contributed by atoms with E-state index in [0.29, 0.717) is 30.1 Å². The number of aromatic nitrogens is 2. The van der Waals surface area contributed by atoms with Crippen molar-refractivity contribution >= 4 is 34.4 Å². The van der Waals surface area contributed by atoms with Gasteiger partial charge in [0.2, 0.25) is 5.91 Å². The average molecular weight is 461 g/mol. The Hall–Kier alpha value is -3.64. The second kappa shape index (κ2) is 10.3. The smallest absolute Gasteiger partial charge is 0.251 e. The molecule has 3 aromatic carbocycles. The molecule has 0 unspecified atom stereocenters. The summed E-state index contributed by atoms with van der Waals surface area (Å²) in [6.07, 6.45) is 0.497. The second-order valence-corrected chi connectivity index (χ2v) is 8.29. The molecule has 0 aliphatic heterocycles. The number of fused-ring (bicyclic) bond motifs is 1. The zero-order valence-electron chi connectivity index (χ0n) is 18.4. The van der Waals surface area contributed by atoms with Crippen molar-refractivity contribution < 1.29 is 9.59 Å². The highest BCUT2D eigenvalue weighted by molar-refractivity contribution is 6.30. The summed E-state index contributed by atoms with van der Waals surface area (Å²) in [5, 5.41) is 3.42. The molecule has 0 aliphatic rings. The zero-order chi connectivity index (χ0) is 23.2. The van der Waals surface area contributed by atoms with Gasteiger partial charge in [-0.2, -0.15) is 0 Å². The number of hydrogen-bond donors (Lipinski definition) is 1. The minimum atomic E-state index is -0.196. The van der Waals surface area contributed by atoms with Gasteiger partial charge in [0.25, 0.3) is 5.91 Å². The normalized spacial score (nSPS) is 10.8. The molecule has 0 atom stereocenters. The molecule has 1 heterocycles. The van der Waals surface area contributed by atoms with Crippen molar-refractivity contribution in [3.05, 3.63) is 101 Å². The van der Waals surface area contributed by atoms with Crippen molar-refractivity contribution in [2.24, 2.45) is 0 Å². The summed E-state index contributed by atoms with van der Waals surface area (Å²) >= 11 is 5.98. The summed E-state index contributed by atoms with van der Waals surface area (Å²) in [6, 6.07) is 24.5. The minimum absolute atomic E-state index is 0.00813. The van der Waals surface area contributed by atoms with Crippen LogP contribution in [0.15, 0.2) is 78.9 Å². The predicted molar refractivity (Wildman–Crippen MR) is 130 cm³/mol. The monoisotopic (exact) mass is 460 g/mol. The van der Waals surface area contributed by atoms with Gasteiger partial charge in [0.1, 0.15) is 12.4 Å². The largest absolute Gasteiger partial charge is 0.352 e. The molecule has 1 aromatic heterocycles. The fourth-order valence-corrected chi connectivity index (χ4v) is 3.90. The highest BCUT2D eigenvalue weighted by Crippen LogP contribution is 2.17.